The summed E-state index contributed by atoms with van der Waals surface area (Å²) < 4.78 is 13.4. The molecule has 0 radical (unpaired) electrons. The van der Waals surface area contributed by atoms with Crippen molar-refractivity contribution in [2.24, 2.45) is 5.92 Å². The third kappa shape index (κ3) is 7.42. The fourth-order valence-electron chi connectivity index (χ4n) is 3.94. The molecule has 0 aliphatic carbocycles. The fourth-order valence-corrected chi connectivity index (χ4v) is 3.94. The molecule has 1 aromatic carbocycles. The van der Waals surface area contributed by atoms with E-state index >= 15 is 0 Å². The van der Waals surface area contributed by atoms with Crippen LogP contribution in [0.25, 0.3) is 0 Å². The molecule has 1 saturated heterocycles. The van der Waals surface area contributed by atoms with Crippen molar-refractivity contribution in [1.82, 2.24) is 15.1 Å². The lowest BCUT2D eigenvalue weighted by molar-refractivity contribution is -0.138. The summed E-state index contributed by atoms with van der Waals surface area (Å²) in [6.07, 6.45) is 6.35. The van der Waals surface area contributed by atoms with E-state index in [-0.39, 0.29) is 29.6 Å². The molecule has 1 aromatic rings. The van der Waals surface area contributed by atoms with E-state index in [4.69, 9.17) is 0 Å². The first-order chi connectivity index (χ1) is 13.9. The molecule has 6 heteroatoms. The van der Waals surface area contributed by atoms with Gasteiger partial charge in [0.15, 0.2) is 0 Å². The first-order valence-corrected chi connectivity index (χ1v) is 10.9. The summed E-state index contributed by atoms with van der Waals surface area (Å²) in [4.78, 5) is 29.1. The molecule has 29 heavy (non-hydrogen) atoms. The summed E-state index contributed by atoms with van der Waals surface area (Å²) in [5.74, 6) is -0.247. The van der Waals surface area contributed by atoms with Gasteiger partial charge in [-0.15, -0.1) is 0 Å². The summed E-state index contributed by atoms with van der Waals surface area (Å²) in [7, 11) is 1.74. The lowest BCUT2D eigenvalue weighted by Gasteiger charge is -2.37. The Morgan fingerprint density at radius 3 is 2.83 bits per heavy atom. The normalized spacial score (nSPS) is 18.3. The predicted octanol–water partition coefficient (Wildman–Crippen LogP) is 3.58. The number of piperidine rings is 1. The van der Waals surface area contributed by atoms with Gasteiger partial charge in [-0.1, -0.05) is 38.3 Å². The fraction of sp³-hybridized carbons (Fsp3) is 0.652. The Kier molecular flexibility index (Phi) is 9.58. The molecule has 2 amide bonds. The Bertz CT molecular complexity index is 667. The number of hydrogen-bond acceptors (Lipinski definition) is 3. The molecular weight excluding hydrogens is 369 g/mol. The van der Waals surface area contributed by atoms with E-state index in [1.807, 2.05) is 13.0 Å². The van der Waals surface area contributed by atoms with Gasteiger partial charge in [-0.05, 0) is 50.4 Å². The minimum absolute atomic E-state index is 0.00474. The number of rotatable bonds is 10. The molecule has 1 N–H and O–H groups in total. The monoisotopic (exact) mass is 405 g/mol. The maximum Gasteiger partial charge on any atom is 0.239 e. The van der Waals surface area contributed by atoms with Crippen molar-refractivity contribution in [3.63, 3.8) is 0 Å². The van der Waals surface area contributed by atoms with Gasteiger partial charge in [-0.3, -0.25) is 14.5 Å². The quantitative estimate of drug-likeness (QED) is 0.606. The van der Waals surface area contributed by atoms with Crippen LogP contribution < -0.4 is 5.32 Å². The minimum atomic E-state index is -0.297. The van der Waals surface area contributed by atoms with Gasteiger partial charge in [0.05, 0.1) is 12.0 Å². The zero-order valence-electron chi connectivity index (χ0n) is 18.1. The van der Waals surface area contributed by atoms with Crippen molar-refractivity contribution in [1.29, 1.82) is 0 Å². The van der Waals surface area contributed by atoms with Crippen molar-refractivity contribution in [2.45, 2.75) is 65.0 Å². The Balaban J connectivity index is 1.83. The largest absolute Gasteiger partial charge is 0.356 e. The van der Waals surface area contributed by atoms with Crippen molar-refractivity contribution in [3.8, 4) is 0 Å². The Labute approximate surface area is 174 Å². The van der Waals surface area contributed by atoms with Crippen molar-refractivity contribution in [2.75, 3.05) is 26.7 Å². The topological polar surface area (TPSA) is 52.7 Å². The van der Waals surface area contributed by atoms with E-state index in [2.05, 4.69) is 17.1 Å². The SMILES string of the molecule is CCCCCCNC(=O)C1CCCN(C(C)C(=O)N(C)Cc2cccc(F)c2)C1. The number of hydrogen-bond donors (Lipinski definition) is 1. The molecular formula is C23H36FN3O2. The maximum absolute atomic E-state index is 13.4. The summed E-state index contributed by atoms with van der Waals surface area (Å²) in [6.45, 7) is 6.61. The second kappa shape index (κ2) is 11.9. The highest BCUT2D eigenvalue weighted by Crippen LogP contribution is 2.20. The second-order valence-electron chi connectivity index (χ2n) is 8.19. The zero-order valence-corrected chi connectivity index (χ0v) is 18.1. The van der Waals surface area contributed by atoms with Gasteiger partial charge < -0.3 is 10.2 Å². The molecule has 1 aliphatic heterocycles. The molecule has 1 aliphatic rings. The number of benzene rings is 1. The molecule has 2 rings (SSSR count). The number of likely N-dealkylation sites (N-methyl/N-ethyl adjacent to an activating group) is 1. The predicted molar refractivity (Wildman–Crippen MR) is 114 cm³/mol. The highest BCUT2D eigenvalue weighted by Gasteiger charge is 2.31. The molecule has 5 nitrogen and oxygen atoms in total. The molecule has 2 atom stereocenters. The molecule has 0 aromatic heterocycles. The standard InChI is InChI=1S/C23H36FN3O2/c1-4-5-6-7-13-25-22(28)20-11-9-14-27(17-20)18(2)23(29)26(3)16-19-10-8-12-21(24)15-19/h8,10,12,15,18,20H,4-7,9,11,13-14,16-17H2,1-3H3,(H,25,28). The number of halogens is 1. The van der Waals surface area contributed by atoms with Crippen LogP contribution in [0.4, 0.5) is 4.39 Å². The number of unbranched alkanes of at least 4 members (excludes halogenated alkanes) is 3. The Morgan fingerprint density at radius 2 is 2.10 bits per heavy atom. The van der Waals surface area contributed by atoms with Crippen LogP contribution in [0.15, 0.2) is 24.3 Å². The summed E-state index contributed by atoms with van der Waals surface area (Å²) in [5.41, 5.74) is 0.770. The number of carbonyl (C=O) groups excluding carboxylic acids is 2. The van der Waals surface area contributed by atoms with Crippen LogP contribution >= 0.6 is 0 Å². The van der Waals surface area contributed by atoms with Gasteiger partial charge in [-0.2, -0.15) is 0 Å². The third-order valence-corrected chi connectivity index (χ3v) is 5.74. The van der Waals surface area contributed by atoms with Crippen LogP contribution in [-0.4, -0.2) is 54.3 Å². The van der Waals surface area contributed by atoms with Gasteiger partial charge in [0.25, 0.3) is 0 Å². The van der Waals surface area contributed by atoms with Gasteiger partial charge in [0.1, 0.15) is 5.82 Å². The van der Waals surface area contributed by atoms with Crippen molar-refractivity contribution in [3.05, 3.63) is 35.6 Å². The maximum atomic E-state index is 13.4. The van der Waals surface area contributed by atoms with E-state index in [0.717, 1.165) is 44.3 Å². The Hall–Kier alpha value is -1.95. The Morgan fingerprint density at radius 1 is 1.31 bits per heavy atom. The number of nitrogens with zero attached hydrogens (tertiary/aromatic N) is 2. The van der Waals surface area contributed by atoms with Crippen molar-refractivity contribution < 1.29 is 14.0 Å². The molecule has 1 fully saturated rings. The van der Waals surface area contributed by atoms with Crippen LogP contribution in [0.5, 0.6) is 0 Å². The average Bonchev–Trinajstić information content (AvgIpc) is 2.72. The van der Waals surface area contributed by atoms with Crippen LogP contribution in [0.3, 0.4) is 0 Å². The lowest BCUT2D eigenvalue weighted by atomic mass is 9.95. The van der Waals surface area contributed by atoms with E-state index in [1.54, 1.807) is 18.0 Å². The highest BCUT2D eigenvalue weighted by molar-refractivity contribution is 5.82. The second-order valence-corrected chi connectivity index (χ2v) is 8.19. The van der Waals surface area contributed by atoms with E-state index in [0.29, 0.717) is 13.1 Å². The zero-order chi connectivity index (χ0) is 21.2. The molecule has 1 heterocycles. The van der Waals surface area contributed by atoms with E-state index < -0.39 is 0 Å². The first kappa shape index (κ1) is 23.3. The molecule has 0 bridgehead atoms. The third-order valence-electron chi connectivity index (χ3n) is 5.74. The first-order valence-electron chi connectivity index (χ1n) is 10.9. The summed E-state index contributed by atoms with van der Waals surface area (Å²) in [6, 6.07) is 6.03. The van der Waals surface area contributed by atoms with E-state index in [1.165, 1.54) is 25.0 Å². The van der Waals surface area contributed by atoms with Crippen LogP contribution in [0.2, 0.25) is 0 Å². The minimum Gasteiger partial charge on any atom is -0.356 e. The van der Waals surface area contributed by atoms with Gasteiger partial charge in [0, 0.05) is 26.7 Å². The summed E-state index contributed by atoms with van der Waals surface area (Å²) in [5, 5.41) is 3.06. The average molecular weight is 406 g/mol. The van der Waals surface area contributed by atoms with Crippen LogP contribution in [0.1, 0.15) is 57.9 Å². The van der Waals surface area contributed by atoms with Crippen LogP contribution in [0, 0.1) is 11.7 Å². The molecule has 162 valence electrons. The smallest absolute Gasteiger partial charge is 0.239 e. The summed E-state index contributed by atoms with van der Waals surface area (Å²) >= 11 is 0. The van der Waals surface area contributed by atoms with E-state index in [9.17, 15) is 14.0 Å². The molecule has 0 saturated carbocycles. The van der Waals surface area contributed by atoms with Gasteiger partial charge >= 0.3 is 0 Å². The van der Waals surface area contributed by atoms with Gasteiger partial charge in [0.2, 0.25) is 11.8 Å². The number of carbonyl (C=O) groups is 2. The highest BCUT2D eigenvalue weighted by atomic mass is 19.1. The number of nitrogens with one attached hydrogen (secondary N) is 1. The lowest BCUT2D eigenvalue weighted by Crippen LogP contribution is -2.51. The molecule has 0 spiro atoms. The number of amides is 2. The van der Waals surface area contributed by atoms with Crippen LogP contribution in [-0.2, 0) is 16.1 Å². The number of likely N-dealkylation sites (tertiary alicyclic amines) is 1. The molecule has 2 unspecified atom stereocenters. The van der Waals surface area contributed by atoms with Gasteiger partial charge in [-0.25, -0.2) is 4.39 Å². The van der Waals surface area contributed by atoms with Crippen molar-refractivity contribution >= 4 is 11.8 Å².